The number of aliphatic imine (C=N–C) groups is 1. The smallest absolute Gasteiger partial charge is 0.191 e. The summed E-state index contributed by atoms with van der Waals surface area (Å²) in [4.78, 5) is 7.55. The summed E-state index contributed by atoms with van der Waals surface area (Å²) in [5, 5.41) is 6.86. The Morgan fingerprint density at radius 3 is 2.75 bits per heavy atom. The molecular weight excluding hydrogens is 322 g/mol. The van der Waals surface area contributed by atoms with Crippen molar-refractivity contribution < 1.29 is 9.47 Å². The van der Waals surface area contributed by atoms with E-state index in [2.05, 4.69) is 43.5 Å². The fraction of sp³-hybridized carbons (Fsp3) is 0.722. The number of hydrogen-bond donors (Lipinski definition) is 2. The zero-order valence-corrected chi connectivity index (χ0v) is 16.2. The number of rotatable bonds is 7. The van der Waals surface area contributed by atoms with Crippen LogP contribution in [0.5, 0.6) is 0 Å². The predicted molar refractivity (Wildman–Crippen MR) is 101 cm³/mol. The maximum Gasteiger partial charge on any atom is 0.191 e. The normalized spacial score (nSPS) is 19.1. The van der Waals surface area contributed by atoms with Gasteiger partial charge in [0.2, 0.25) is 0 Å². The molecule has 2 heterocycles. The minimum atomic E-state index is -0.186. The molecule has 1 unspecified atom stereocenters. The van der Waals surface area contributed by atoms with Crippen LogP contribution in [-0.4, -0.2) is 51.0 Å². The lowest BCUT2D eigenvalue weighted by Crippen LogP contribution is -2.46. The number of nitrogens with zero attached hydrogens (tertiary/aromatic N) is 1. The molecular formula is C18H31N3O2S. The van der Waals surface area contributed by atoms with Crippen molar-refractivity contribution in [3.8, 4) is 0 Å². The topological polar surface area (TPSA) is 54.9 Å². The molecule has 0 bridgehead atoms. The van der Waals surface area contributed by atoms with Gasteiger partial charge in [0.25, 0.3) is 0 Å². The number of methoxy groups -OCH3 is 1. The zero-order chi connectivity index (χ0) is 17.4. The summed E-state index contributed by atoms with van der Waals surface area (Å²) in [5.74, 6) is 0.862. The third kappa shape index (κ3) is 5.76. The average molecular weight is 354 g/mol. The van der Waals surface area contributed by atoms with Gasteiger partial charge >= 0.3 is 0 Å². The van der Waals surface area contributed by atoms with Crippen LogP contribution in [0, 0.1) is 6.92 Å². The molecule has 1 aromatic rings. The fourth-order valence-corrected chi connectivity index (χ4v) is 3.91. The first-order chi connectivity index (χ1) is 11.6. The minimum absolute atomic E-state index is 0.186. The number of hydrogen-bond acceptors (Lipinski definition) is 4. The number of nitrogens with one attached hydrogen (secondary N) is 2. The minimum Gasteiger partial charge on any atom is -0.381 e. The number of thiophene rings is 1. The third-order valence-corrected chi connectivity index (χ3v) is 5.42. The van der Waals surface area contributed by atoms with Gasteiger partial charge in [0.15, 0.2) is 5.96 Å². The largest absolute Gasteiger partial charge is 0.381 e. The van der Waals surface area contributed by atoms with Crippen molar-refractivity contribution >= 4 is 17.3 Å². The summed E-state index contributed by atoms with van der Waals surface area (Å²) in [6.45, 7) is 9.44. The lowest BCUT2D eigenvalue weighted by atomic mass is 9.94. The van der Waals surface area contributed by atoms with Crippen LogP contribution in [0.3, 0.4) is 0 Å². The average Bonchev–Trinajstić information content (AvgIpc) is 2.98. The Morgan fingerprint density at radius 1 is 1.42 bits per heavy atom. The first-order valence-corrected chi connectivity index (χ1v) is 9.61. The Bertz CT molecular complexity index is 524. The van der Waals surface area contributed by atoms with Crippen molar-refractivity contribution in [3.05, 3.63) is 21.9 Å². The van der Waals surface area contributed by atoms with E-state index >= 15 is 0 Å². The van der Waals surface area contributed by atoms with Gasteiger partial charge in [-0.05, 0) is 32.9 Å². The first kappa shape index (κ1) is 19.2. The number of ether oxygens (including phenoxy) is 2. The van der Waals surface area contributed by atoms with E-state index in [4.69, 9.17) is 14.5 Å². The monoisotopic (exact) mass is 353 g/mol. The van der Waals surface area contributed by atoms with Crippen LogP contribution in [0.15, 0.2) is 17.1 Å². The van der Waals surface area contributed by atoms with E-state index in [1.54, 1.807) is 7.11 Å². The van der Waals surface area contributed by atoms with Crippen LogP contribution in [0.2, 0.25) is 0 Å². The van der Waals surface area contributed by atoms with Gasteiger partial charge in [0, 0.05) is 61.9 Å². The Kier molecular flexibility index (Phi) is 7.52. The van der Waals surface area contributed by atoms with Gasteiger partial charge in [-0.2, -0.15) is 0 Å². The summed E-state index contributed by atoms with van der Waals surface area (Å²) in [6.07, 6.45) is 2.80. The Labute approximate surface area is 149 Å². The lowest BCUT2D eigenvalue weighted by Gasteiger charge is -2.34. The summed E-state index contributed by atoms with van der Waals surface area (Å²) >= 11 is 1.86. The van der Waals surface area contributed by atoms with Gasteiger partial charge in [-0.25, -0.2) is 0 Å². The lowest BCUT2D eigenvalue weighted by molar-refractivity contribution is -0.0828. The van der Waals surface area contributed by atoms with Gasteiger partial charge in [0.05, 0.1) is 12.1 Å². The molecule has 1 atom stereocenters. The molecule has 0 aromatic carbocycles. The summed E-state index contributed by atoms with van der Waals surface area (Å²) in [7, 11) is 1.78. The zero-order valence-electron chi connectivity index (χ0n) is 15.4. The molecule has 0 amide bonds. The molecule has 1 fully saturated rings. The van der Waals surface area contributed by atoms with Crippen LogP contribution in [0.25, 0.3) is 0 Å². The molecule has 6 heteroatoms. The second-order valence-electron chi connectivity index (χ2n) is 6.46. The van der Waals surface area contributed by atoms with Crippen molar-refractivity contribution in [1.29, 1.82) is 0 Å². The summed E-state index contributed by atoms with van der Waals surface area (Å²) in [6, 6.07) is 4.72. The molecule has 24 heavy (non-hydrogen) atoms. The highest BCUT2D eigenvalue weighted by molar-refractivity contribution is 7.11. The molecule has 1 saturated heterocycles. The van der Waals surface area contributed by atoms with Gasteiger partial charge in [-0.3, -0.25) is 4.99 Å². The maximum atomic E-state index is 5.77. The second kappa shape index (κ2) is 9.39. The van der Waals surface area contributed by atoms with Crippen molar-refractivity contribution in [2.45, 2.75) is 51.7 Å². The SMILES string of the molecule is CCNC(=NCC1(OC)CCOCC1)NC(C)Cc1ccc(C)s1. The first-order valence-electron chi connectivity index (χ1n) is 8.80. The molecule has 5 nitrogen and oxygen atoms in total. The molecule has 1 aliphatic heterocycles. The highest BCUT2D eigenvalue weighted by Gasteiger charge is 2.32. The third-order valence-electron chi connectivity index (χ3n) is 4.39. The standard InChI is InChI=1S/C18H31N3O2S/c1-5-19-17(20-13-18(22-4)8-10-23-11-9-18)21-14(2)12-16-7-6-15(3)24-16/h6-7,14H,5,8-13H2,1-4H3,(H2,19,20,21). The van der Waals surface area contributed by atoms with E-state index in [9.17, 15) is 0 Å². The van der Waals surface area contributed by atoms with E-state index in [1.807, 2.05) is 11.3 Å². The van der Waals surface area contributed by atoms with E-state index in [1.165, 1.54) is 9.75 Å². The summed E-state index contributed by atoms with van der Waals surface area (Å²) in [5.41, 5.74) is -0.186. The molecule has 0 aliphatic carbocycles. The van der Waals surface area contributed by atoms with E-state index in [0.29, 0.717) is 12.6 Å². The summed E-state index contributed by atoms with van der Waals surface area (Å²) < 4.78 is 11.2. The Hall–Kier alpha value is -1.11. The predicted octanol–water partition coefficient (Wildman–Crippen LogP) is 2.74. The van der Waals surface area contributed by atoms with E-state index in [-0.39, 0.29) is 5.60 Å². The van der Waals surface area contributed by atoms with Crippen LogP contribution in [0.4, 0.5) is 0 Å². The number of aryl methyl sites for hydroxylation is 1. The highest BCUT2D eigenvalue weighted by Crippen LogP contribution is 2.24. The van der Waals surface area contributed by atoms with Crippen LogP contribution >= 0.6 is 11.3 Å². The molecule has 136 valence electrons. The van der Waals surface area contributed by atoms with E-state index < -0.39 is 0 Å². The van der Waals surface area contributed by atoms with Crippen LogP contribution in [-0.2, 0) is 15.9 Å². The molecule has 0 radical (unpaired) electrons. The quantitative estimate of drug-likeness (QED) is 0.585. The van der Waals surface area contributed by atoms with Crippen molar-refractivity contribution in [1.82, 2.24) is 10.6 Å². The van der Waals surface area contributed by atoms with Gasteiger partial charge in [-0.15, -0.1) is 11.3 Å². The second-order valence-corrected chi connectivity index (χ2v) is 7.83. The molecule has 0 spiro atoms. The van der Waals surface area contributed by atoms with Gasteiger partial charge in [-0.1, -0.05) is 0 Å². The van der Waals surface area contributed by atoms with Crippen LogP contribution < -0.4 is 10.6 Å². The molecule has 1 aromatic heterocycles. The van der Waals surface area contributed by atoms with Crippen molar-refractivity contribution in [3.63, 3.8) is 0 Å². The highest BCUT2D eigenvalue weighted by atomic mass is 32.1. The Morgan fingerprint density at radius 2 is 2.17 bits per heavy atom. The Balaban J connectivity index is 1.94. The molecule has 2 N–H and O–H groups in total. The van der Waals surface area contributed by atoms with Gasteiger partial charge in [0.1, 0.15) is 0 Å². The van der Waals surface area contributed by atoms with Crippen LogP contribution in [0.1, 0.15) is 36.4 Å². The number of guanidine groups is 1. The van der Waals surface area contributed by atoms with Crippen molar-refractivity contribution in [2.75, 3.05) is 33.4 Å². The maximum absolute atomic E-state index is 5.77. The molecule has 1 aliphatic rings. The van der Waals surface area contributed by atoms with E-state index in [0.717, 1.165) is 45.0 Å². The molecule has 2 rings (SSSR count). The molecule has 0 saturated carbocycles. The fourth-order valence-electron chi connectivity index (χ4n) is 2.89. The van der Waals surface area contributed by atoms with Crippen molar-refractivity contribution in [2.24, 2.45) is 4.99 Å². The van der Waals surface area contributed by atoms with Gasteiger partial charge < -0.3 is 20.1 Å².